The number of carbonyl (C=O) groups excluding carboxylic acids is 1. The largest absolute Gasteiger partial charge is 0.368 e. The van der Waals surface area contributed by atoms with Crippen LogP contribution in [0.25, 0.3) is 0 Å². The van der Waals surface area contributed by atoms with Crippen LogP contribution in [0.1, 0.15) is 30.7 Å². The fourth-order valence-corrected chi connectivity index (χ4v) is 3.17. The average Bonchev–Trinajstić information content (AvgIpc) is 3.25. The van der Waals surface area contributed by atoms with Gasteiger partial charge in [0.2, 0.25) is 5.91 Å². The van der Waals surface area contributed by atoms with E-state index in [2.05, 4.69) is 15.5 Å². The minimum absolute atomic E-state index is 0.0298. The molecule has 1 aromatic heterocycles. The molecule has 0 radical (unpaired) electrons. The summed E-state index contributed by atoms with van der Waals surface area (Å²) in [5.41, 5.74) is 0. The summed E-state index contributed by atoms with van der Waals surface area (Å²) in [5.74, 6) is 1.45. The van der Waals surface area contributed by atoms with Gasteiger partial charge in [-0.2, -0.15) is 4.98 Å². The molecule has 1 atom stereocenters. The second-order valence-corrected chi connectivity index (χ2v) is 6.88. The monoisotopic (exact) mass is 367 g/mol. The van der Waals surface area contributed by atoms with E-state index in [9.17, 15) is 4.79 Å². The predicted octanol–water partition coefficient (Wildman–Crippen LogP) is 3.03. The minimum Gasteiger partial charge on any atom is -0.368 e. The number of benzene rings is 1. The molecule has 1 aliphatic rings. The van der Waals surface area contributed by atoms with Gasteiger partial charge >= 0.3 is 0 Å². The molecular weight excluding hydrogens is 350 g/mol. The van der Waals surface area contributed by atoms with E-state index < -0.39 is 0 Å². The van der Waals surface area contributed by atoms with E-state index in [0.717, 1.165) is 24.3 Å². The van der Waals surface area contributed by atoms with Crippen LogP contribution in [0.15, 0.2) is 33.7 Å². The second-order valence-electron chi connectivity index (χ2n) is 5.39. The number of rotatable bonds is 7. The van der Waals surface area contributed by atoms with E-state index in [1.807, 2.05) is 24.3 Å². The Morgan fingerprint density at radius 2 is 2.21 bits per heavy atom. The molecule has 6 nitrogen and oxygen atoms in total. The van der Waals surface area contributed by atoms with Gasteiger partial charge in [0, 0.05) is 29.5 Å². The van der Waals surface area contributed by atoms with E-state index in [-0.39, 0.29) is 12.0 Å². The first-order valence-corrected chi connectivity index (χ1v) is 9.16. The highest BCUT2D eigenvalue weighted by Crippen LogP contribution is 2.26. The molecule has 0 bridgehead atoms. The van der Waals surface area contributed by atoms with Crippen LogP contribution in [0.5, 0.6) is 0 Å². The smallest absolute Gasteiger partial charge is 0.255 e. The molecular formula is C16H18ClN3O3S. The number of halogens is 1. The Bertz CT molecular complexity index is 671. The lowest BCUT2D eigenvalue weighted by Crippen LogP contribution is -2.27. The number of thioether (sulfide) groups is 1. The zero-order valence-electron chi connectivity index (χ0n) is 13.0. The molecule has 1 N–H and O–H groups in total. The maximum absolute atomic E-state index is 11.8. The van der Waals surface area contributed by atoms with Gasteiger partial charge < -0.3 is 14.6 Å². The molecule has 0 spiro atoms. The average molecular weight is 368 g/mol. The van der Waals surface area contributed by atoms with Gasteiger partial charge in [-0.1, -0.05) is 16.8 Å². The minimum atomic E-state index is -0.0726. The predicted molar refractivity (Wildman–Crippen MR) is 91.1 cm³/mol. The first-order valence-electron chi connectivity index (χ1n) is 7.80. The summed E-state index contributed by atoms with van der Waals surface area (Å²) >= 11 is 7.30. The zero-order valence-corrected chi connectivity index (χ0v) is 14.6. The van der Waals surface area contributed by atoms with E-state index in [1.165, 1.54) is 11.8 Å². The van der Waals surface area contributed by atoms with E-state index >= 15 is 0 Å². The lowest BCUT2D eigenvalue weighted by atomic mass is 10.2. The van der Waals surface area contributed by atoms with Crippen LogP contribution >= 0.6 is 23.4 Å². The third-order valence-corrected chi connectivity index (χ3v) is 4.81. The standard InChI is InChI=1S/C16H18ClN3O3S/c17-11-3-5-12(6-4-11)24-10-15(21)18-8-7-14-19-16(23-20-14)13-2-1-9-22-13/h3-6,13H,1-2,7-10H2,(H,18,21)/t13-/m0/s1. The van der Waals surface area contributed by atoms with Crippen LogP contribution in [-0.4, -0.2) is 35.0 Å². The number of hydrogen-bond donors (Lipinski definition) is 1. The molecule has 2 aromatic rings. The number of hydrogen-bond acceptors (Lipinski definition) is 6. The van der Waals surface area contributed by atoms with Crippen LogP contribution in [0.2, 0.25) is 5.02 Å². The number of aromatic nitrogens is 2. The van der Waals surface area contributed by atoms with Crippen molar-refractivity contribution in [2.24, 2.45) is 0 Å². The fourth-order valence-electron chi connectivity index (χ4n) is 2.32. The van der Waals surface area contributed by atoms with Gasteiger partial charge in [-0.3, -0.25) is 4.79 Å². The topological polar surface area (TPSA) is 77.2 Å². The summed E-state index contributed by atoms with van der Waals surface area (Å²) in [4.78, 5) is 17.2. The van der Waals surface area contributed by atoms with Crippen LogP contribution in [0, 0.1) is 0 Å². The molecule has 128 valence electrons. The first-order chi connectivity index (χ1) is 11.7. The van der Waals surface area contributed by atoms with Gasteiger partial charge in [0.15, 0.2) is 5.82 Å². The van der Waals surface area contributed by atoms with Crippen molar-refractivity contribution >= 4 is 29.3 Å². The van der Waals surface area contributed by atoms with Crippen molar-refractivity contribution in [2.75, 3.05) is 18.9 Å². The van der Waals surface area contributed by atoms with E-state index in [1.54, 1.807) is 0 Å². The van der Waals surface area contributed by atoms with Gasteiger partial charge in [-0.15, -0.1) is 11.8 Å². The number of nitrogens with one attached hydrogen (secondary N) is 1. The van der Waals surface area contributed by atoms with Crippen molar-refractivity contribution in [1.29, 1.82) is 0 Å². The van der Waals surface area contributed by atoms with Crippen molar-refractivity contribution in [3.63, 3.8) is 0 Å². The van der Waals surface area contributed by atoms with Crippen molar-refractivity contribution in [3.8, 4) is 0 Å². The zero-order chi connectivity index (χ0) is 16.8. The number of nitrogens with zero attached hydrogens (tertiary/aromatic N) is 2. The molecule has 2 heterocycles. The normalized spacial score (nSPS) is 17.1. The summed E-state index contributed by atoms with van der Waals surface area (Å²) in [5, 5.41) is 7.46. The molecule has 1 aromatic carbocycles. The number of amides is 1. The fraction of sp³-hybridized carbons (Fsp3) is 0.438. The van der Waals surface area contributed by atoms with Gasteiger partial charge in [-0.05, 0) is 37.1 Å². The Labute approximate surface area is 149 Å². The summed E-state index contributed by atoms with van der Waals surface area (Å²) < 4.78 is 10.7. The lowest BCUT2D eigenvalue weighted by molar-refractivity contribution is -0.118. The highest BCUT2D eigenvalue weighted by atomic mass is 35.5. The molecule has 1 aliphatic heterocycles. The molecule has 3 rings (SSSR count). The second kappa shape index (κ2) is 8.50. The molecule has 1 fully saturated rings. The van der Waals surface area contributed by atoms with Gasteiger partial charge in [0.25, 0.3) is 5.89 Å². The van der Waals surface area contributed by atoms with Crippen molar-refractivity contribution in [2.45, 2.75) is 30.3 Å². The summed E-state index contributed by atoms with van der Waals surface area (Å²) in [6.45, 7) is 1.22. The van der Waals surface area contributed by atoms with Gasteiger partial charge in [-0.25, -0.2) is 0 Å². The summed E-state index contributed by atoms with van der Waals surface area (Å²) in [6, 6.07) is 7.41. The highest BCUT2D eigenvalue weighted by Gasteiger charge is 2.23. The molecule has 1 amide bonds. The highest BCUT2D eigenvalue weighted by molar-refractivity contribution is 8.00. The Balaban J connectivity index is 1.36. The molecule has 0 unspecified atom stereocenters. The molecule has 24 heavy (non-hydrogen) atoms. The quantitative estimate of drug-likeness (QED) is 0.758. The maximum atomic E-state index is 11.8. The first kappa shape index (κ1) is 17.3. The summed E-state index contributed by atoms with van der Waals surface area (Å²) in [7, 11) is 0. The Morgan fingerprint density at radius 3 is 2.96 bits per heavy atom. The Morgan fingerprint density at radius 1 is 1.38 bits per heavy atom. The molecule has 1 saturated heterocycles. The SMILES string of the molecule is O=C(CSc1ccc(Cl)cc1)NCCc1noc([C@@H]2CCCO2)n1. The van der Waals surface area contributed by atoms with Crippen LogP contribution in [0.3, 0.4) is 0 Å². The third kappa shape index (κ3) is 4.96. The molecule has 0 aliphatic carbocycles. The van der Waals surface area contributed by atoms with Crippen LogP contribution in [0.4, 0.5) is 0 Å². The Kier molecular flexibility index (Phi) is 6.12. The van der Waals surface area contributed by atoms with E-state index in [0.29, 0.717) is 35.5 Å². The van der Waals surface area contributed by atoms with Crippen molar-refractivity contribution in [1.82, 2.24) is 15.5 Å². The van der Waals surface area contributed by atoms with Crippen LogP contribution < -0.4 is 5.32 Å². The maximum Gasteiger partial charge on any atom is 0.255 e. The Hall–Kier alpha value is -1.57. The van der Waals surface area contributed by atoms with Crippen molar-refractivity contribution in [3.05, 3.63) is 41.0 Å². The number of carbonyl (C=O) groups is 1. The van der Waals surface area contributed by atoms with Gasteiger partial charge in [0.05, 0.1) is 5.75 Å². The molecule has 8 heteroatoms. The molecule has 0 saturated carbocycles. The van der Waals surface area contributed by atoms with E-state index in [4.69, 9.17) is 20.9 Å². The van der Waals surface area contributed by atoms with Gasteiger partial charge in [0.1, 0.15) is 6.10 Å². The lowest BCUT2D eigenvalue weighted by Gasteiger charge is -2.04. The van der Waals surface area contributed by atoms with Crippen LogP contribution in [-0.2, 0) is 16.0 Å². The summed E-state index contributed by atoms with van der Waals surface area (Å²) in [6.07, 6.45) is 2.40. The number of ether oxygens (including phenoxy) is 1. The third-order valence-electron chi connectivity index (χ3n) is 3.54. The van der Waals surface area contributed by atoms with Crippen molar-refractivity contribution < 1.29 is 14.1 Å².